The highest BCUT2D eigenvalue weighted by Gasteiger charge is 2.42. The van der Waals surface area contributed by atoms with E-state index in [1.807, 2.05) is 47.4 Å². The van der Waals surface area contributed by atoms with Gasteiger partial charge in [0.05, 0.1) is 11.7 Å². The van der Waals surface area contributed by atoms with Gasteiger partial charge in [-0.2, -0.15) is 5.10 Å². The van der Waals surface area contributed by atoms with Crippen molar-refractivity contribution >= 4 is 17.5 Å². The maximum absolute atomic E-state index is 13.0. The molecule has 4 nitrogen and oxygen atoms in total. The molecule has 4 rings (SSSR count). The summed E-state index contributed by atoms with van der Waals surface area (Å²) in [5, 5.41) is 8.12. The van der Waals surface area contributed by atoms with E-state index in [0.717, 1.165) is 22.4 Å². The van der Waals surface area contributed by atoms with Crippen LogP contribution in [0.1, 0.15) is 41.5 Å². The predicted octanol–water partition coefficient (Wildman–Crippen LogP) is 4.93. The fraction of sp³-hybridized carbons (Fsp3) is 0.238. The van der Waals surface area contributed by atoms with Gasteiger partial charge in [-0.05, 0) is 23.6 Å². The summed E-state index contributed by atoms with van der Waals surface area (Å²) in [6, 6.07) is 17.6. The van der Waals surface area contributed by atoms with Crippen LogP contribution in [0.4, 0.5) is 0 Å². The summed E-state index contributed by atoms with van der Waals surface area (Å²) in [6.45, 7) is 4.95. The average molecular weight is 366 g/mol. The van der Waals surface area contributed by atoms with Gasteiger partial charge in [0.2, 0.25) is 0 Å². The number of halogens is 1. The molecule has 1 aromatic heterocycles. The number of benzene rings is 2. The minimum absolute atomic E-state index is 0.00951. The monoisotopic (exact) mass is 365 g/mol. The maximum Gasteiger partial charge on any atom is 0.273 e. The Morgan fingerprint density at radius 2 is 1.81 bits per heavy atom. The quantitative estimate of drug-likeness (QED) is 0.712. The third kappa shape index (κ3) is 2.80. The Labute approximate surface area is 157 Å². The van der Waals surface area contributed by atoms with E-state index in [2.05, 4.69) is 36.2 Å². The molecule has 0 unspecified atom stereocenters. The van der Waals surface area contributed by atoms with Crippen LogP contribution in [0.25, 0.3) is 11.3 Å². The molecule has 26 heavy (non-hydrogen) atoms. The molecule has 0 saturated carbocycles. The molecule has 0 radical (unpaired) electrons. The van der Waals surface area contributed by atoms with Crippen LogP contribution in [-0.2, 0) is 0 Å². The Bertz CT molecular complexity index is 932. The molecule has 1 amide bonds. The van der Waals surface area contributed by atoms with Gasteiger partial charge in [0, 0.05) is 22.7 Å². The first-order valence-electron chi connectivity index (χ1n) is 8.76. The van der Waals surface area contributed by atoms with Crippen molar-refractivity contribution in [2.45, 2.75) is 19.9 Å². The number of rotatable bonds is 4. The summed E-state index contributed by atoms with van der Waals surface area (Å²) in [5.74, 6) is 0.386. The normalized spacial score (nSPS) is 16.4. The first-order chi connectivity index (χ1) is 12.6. The zero-order valence-corrected chi connectivity index (χ0v) is 15.5. The van der Waals surface area contributed by atoms with Gasteiger partial charge in [-0.15, -0.1) is 0 Å². The third-order valence-corrected chi connectivity index (χ3v) is 4.91. The fourth-order valence-corrected chi connectivity index (χ4v) is 3.71. The van der Waals surface area contributed by atoms with Crippen LogP contribution in [0, 0.1) is 5.92 Å². The number of H-pyrrole nitrogens is 1. The van der Waals surface area contributed by atoms with E-state index in [1.165, 1.54) is 0 Å². The number of aromatic nitrogens is 2. The highest BCUT2D eigenvalue weighted by atomic mass is 35.5. The third-order valence-electron chi connectivity index (χ3n) is 4.66. The lowest BCUT2D eigenvalue weighted by Gasteiger charge is -2.28. The molecule has 1 aliphatic rings. The molecule has 0 fully saturated rings. The molecule has 132 valence electrons. The van der Waals surface area contributed by atoms with Crippen LogP contribution in [0.5, 0.6) is 0 Å². The van der Waals surface area contributed by atoms with Crippen molar-refractivity contribution in [3.05, 3.63) is 76.4 Å². The fourth-order valence-electron chi connectivity index (χ4n) is 3.59. The van der Waals surface area contributed by atoms with Gasteiger partial charge in [0.25, 0.3) is 5.91 Å². The first-order valence-corrected chi connectivity index (χ1v) is 9.14. The van der Waals surface area contributed by atoms with Gasteiger partial charge in [0.1, 0.15) is 5.69 Å². The summed E-state index contributed by atoms with van der Waals surface area (Å²) in [7, 11) is 0. The molecule has 2 aromatic carbocycles. The molecule has 2 heterocycles. The lowest BCUT2D eigenvalue weighted by molar-refractivity contribution is 0.0722. The van der Waals surface area contributed by atoms with Gasteiger partial charge in [-0.3, -0.25) is 9.89 Å². The second-order valence-corrected chi connectivity index (χ2v) is 7.47. The smallest absolute Gasteiger partial charge is 0.273 e. The van der Waals surface area contributed by atoms with E-state index in [4.69, 9.17) is 11.6 Å². The lowest BCUT2D eigenvalue weighted by Crippen LogP contribution is -2.32. The predicted molar refractivity (Wildman–Crippen MR) is 103 cm³/mol. The summed E-state index contributed by atoms with van der Waals surface area (Å²) >= 11 is 6.03. The zero-order valence-electron chi connectivity index (χ0n) is 14.7. The summed E-state index contributed by atoms with van der Waals surface area (Å²) in [4.78, 5) is 15.0. The minimum Gasteiger partial charge on any atom is -0.326 e. The molecular formula is C21H20ClN3O. The number of hydrogen-bond donors (Lipinski definition) is 1. The number of fused-ring (bicyclic) bond motifs is 1. The van der Waals surface area contributed by atoms with Crippen molar-refractivity contribution in [1.82, 2.24) is 15.1 Å². The van der Waals surface area contributed by atoms with Crippen molar-refractivity contribution in [2.24, 2.45) is 5.92 Å². The second kappa shape index (κ2) is 6.61. The SMILES string of the molecule is CC(C)CN1C(=O)c2[nH]nc(-c3ccc(Cl)cc3)c2[C@@H]1c1ccccc1. The largest absolute Gasteiger partial charge is 0.326 e. The summed E-state index contributed by atoms with van der Waals surface area (Å²) in [6.07, 6.45) is 0. The van der Waals surface area contributed by atoms with Crippen LogP contribution in [0.3, 0.4) is 0 Å². The Morgan fingerprint density at radius 3 is 2.46 bits per heavy atom. The highest BCUT2D eigenvalue weighted by molar-refractivity contribution is 6.30. The van der Waals surface area contributed by atoms with Gasteiger partial charge >= 0.3 is 0 Å². The van der Waals surface area contributed by atoms with E-state index < -0.39 is 0 Å². The number of carbonyl (C=O) groups is 1. The average Bonchev–Trinajstić information content (AvgIpc) is 3.16. The number of aromatic amines is 1. The number of amides is 1. The molecule has 1 atom stereocenters. The topological polar surface area (TPSA) is 49.0 Å². The first kappa shape index (κ1) is 16.9. The molecule has 0 saturated heterocycles. The van der Waals surface area contributed by atoms with Gasteiger partial charge in [-0.25, -0.2) is 0 Å². The van der Waals surface area contributed by atoms with Crippen molar-refractivity contribution in [3.8, 4) is 11.3 Å². The number of nitrogens with zero attached hydrogens (tertiary/aromatic N) is 2. The Kier molecular flexibility index (Phi) is 4.29. The maximum atomic E-state index is 13.0. The molecular weight excluding hydrogens is 346 g/mol. The van der Waals surface area contributed by atoms with Crippen molar-refractivity contribution in [1.29, 1.82) is 0 Å². The molecule has 3 aromatic rings. The van der Waals surface area contributed by atoms with Gasteiger partial charge < -0.3 is 4.90 Å². The highest BCUT2D eigenvalue weighted by Crippen LogP contribution is 2.43. The van der Waals surface area contributed by atoms with Crippen molar-refractivity contribution < 1.29 is 4.79 Å². The lowest BCUT2D eigenvalue weighted by atomic mass is 9.96. The molecule has 0 aliphatic carbocycles. The zero-order chi connectivity index (χ0) is 18.3. The Morgan fingerprint density at radius 1 is 1.12 bits per heavy atom. The van der Waals surface area contributed by atoms with Crippen LogP contribution in [-0.4, -0.2) is 27.5 Å². The van der Waals surface area contributed by atoms with Crippen LogP contribution < -0.4 is 0 Å². The van der Waals surface area contributed by atoms with Crippen LogP contribution in [0.2, 0.25) is 5.02 Å². The number of hydrogen-bond acceptors (Lipinski definition) is 2. The van der Waals surface area contributed by atoms with E-state index in [9.17, 15) is 4.79 Å². The number of carbonyl (C=O) groups excluding carboxylic acids is 1. The van der Waals surface area contributed by atoms with E-state index in [1.54, 1.807) is 0 Å². The standard InChI is InChI=1S/C21H20ClN3O/c1-13(2)12-25-20(15-6-4-3-5-7-15)17-18(23-24-19(17)21(25)26)14-8-10-16(22)11-9-14/h3-11,13,20H,12H2,1-2H3,(H,23,24)/t20-/m0/s1. The van der Waals surface area contributed by atoms with Gasteiger partial charge in [-0.1, -0.05) is 67.9 Å². The van der Waals surface area contributed by atoms with Crippen LogP contribution >= 0.6 is 11.6 Å². The molecule has 0 spiro atoms. The Hall–Kier alpha value is -2.59. The summed E-state index contributed by atoms with van der Waals surface area (Å²) < 4.78 is 0. The molecule has 0 bridgehead atoms. The van der Waals surface area contributed by atoms with Gasteiger partial charge in [0.15, 0.2) is 0 Å². The van der Waals surface area contributed by atoms with Crippen LogP contribution in [0.15, 0.2) is 54.6 Å². The number of nitrogens with one attached hydrogen (secondary N) is 1. The van der Waals surface area contributed by atoms with Crippen molar-refractivity contribution in [2.75, 3.05) is 6.54 Å². The summed E-state index contributed by atoms with van der Waals surface area (Å²) in [5.41, 5.74) is 4.39. The molecule has 1 N–H and O–H groups in total. The second-order valence-electron chi connectivity index (χ2n) is 7.03. The Balaban J connectivity index is 1.87. The minimum atomic E-state index is -0.134. The van der Waals surface area contributed by atoms with E-state index in [0.29, 0.717) is 23.2 Å². The molecule has 1 aliphatic heterocycles. The molecule has 5 heteroatoms. The van der Waals surface area contributed by atoms with Crippen molar-refractivity contribution in [3.63, 3.8) is 0 Å². The van der Waals surface area contributed by atoms with E-state index >= 15 is 0 Å². The van der Waals surface area contributed by atoms with E-state index in [-0.39, 0.29) is 11.9 Å².